The number of aryl methyl sites for hydroxylation is 2. The van der Waals surface area contributed by atoms with Crippen LogP contribution in [-0.4, -0.2) is 15.0 Å². The Kier molecular flexibility index (Phi) is 3.59. The molecule has 4 nitrogen and oxygen atoms in total. The molecule has 0 fully saturated rings. The van der Waals surface area contributed by atoms with E-state index in [1.54, 1.807) is 11.3 Å². The van der Waals surface area contributed by atoms with Crippen molar-refractivity contribution >= 4 is 28.8 Å². The maximum Gasteiger partial charge on any atom is 0.137 e. The monoisotopic (exact) mass is 268 g/mol. The molecule has 0 unspecified atom stereocenters. The van der Waals surface area contributed by atoms with Crippen molar-refractivity contribution in [2.75, 3.05) is 5.32 Å². The van der Waals surface area contributed by atoms with E-state index in [4.69, 9.17) is 11.6 Å². The Labute approximate surface area is 109 Å². The van der Waals surface area contributed by atoms with Crippen LogP contribution in [0, 0.1) is 20.8 Å². The second-order valence-electron chi connectivity index (χ2n) is 3.75. The Balaban J connectivity index is 2.17. The Bertz CT molecular complexity index is 538. The van der Waals surface area contributed by atoms with E-state index in [1.165, 1.54) is 4.88 Å². The van der Waals surface area contributed by atoms with E-state index < -0.39 is 0 Å². The lowest BCUT2D eigenvalue weighted by atomic mass is 10.3. The zero-order valence-corrected chi connectivity index (χ0v) is 11.5. The van der Waals surface area contributed by atoms with Crippen LogP contribution in [-0.2, 0) is 6.54 Å². The summed E-state index contributed by atoms with van der Waals surface area (Å²) in [4.78, 5) is 13.9. The molecule has 6 heteroatoms. The van der Waals surface area contributed by atoms with Crippen molar-refractivity contribution in [2.45, 2.75) is 27.3 Å². The van der Waals surface area contributed by atoms with E-state index in [1.807, 2.05) is 26.3 Å². The molecular weight excluding hydrogens is 256 g/mol. The van der Waals surface area contributed by atoms with Crippen molar-refractivity contribution in [2.24, 2.45) is 0 Å². The number of nitrogens with one attached hydrogen (secondary N) is 1. The summed E-state index contributed by atoms with van der Waals surface area (Å²) in [6.45, 7) is 6.45. The quantitative estimate of drug-likeness (QED) is 0.869. The summed E-state index contributed by atoms with van der Waals surface area (Å²) in [5, 5.41) is 3.77. The van der Waals surface area contributed by atoms with Gasteiger partial charge in [0, 0.05) is 10.4 Å². The van der Waals surface area contributed by atoms with Crippen LogP contribution in [0.2, 0.25) is 5.15 Å². The normalized spacial score (nSPS) is 10.6. The number of halogens is 1. The fraction of sp³-hybridized carbons (Fsp3) is 0.364. The standard InChI is InChI=1S/C11H13ClN4S/c1-6-10(12)15-8(3)16-11(6)13-4-9-7(2)14-5-17-9/h5H,4H2,1-3H3,(H,13,15,16). The van der Waals surface area contributed by atoms with Crippen LogP contribution in [0.15, 0.2) is 5.51 Å². The largest absolute Gasteiger partial charge is 0.365 e. The molecule has 0 amide bonds. The third-order valence-electron chi connectivity index (χ3n) is 2.46. The fourth-order valence-electron chi connectivity index (χ4n) is 1.43. The summed E-state index contributed by atoms with van der Waals surface area (Å²) in [5.74, 6) is 1.46. The first-order valence-electron chi connectivity index (χ1n) is 5.21. The molecule has 0 aromatic carbocycles. The number of anilines is 1. The lowest BCUT2D eigenvalue weighted by Gasteiger charge is -2.09. The number of nitrogens with zero attached hydrogens (tertiary/aromatic N) is 3. The van der Waals surface area contributed by atoms with Gasteiger partial charge in [0.1, 0.15) is 16.8 Å². The zero-order valence-electron chi connectivity index (χ0n) is 9.91. The molecular formula is C11H13ClN4S. The summed E-state index contributed by atoms with van der Waals surface area (Å²) >= 11 is 7.64. The lowest BCUT2D eigenvalue weighted by molar-refractivity contribution is 1.00. The Morgan fingerprint density at radius 3 is 2.71 bits per heavy atom. The van der Waals surface area contributed by atoms with Gasteiger partial charge in [-0.3, -0.25) is 0 Å². The van der Waals surface area contributed by atoms with Crippen LogP contribution in [0.4, 0.5) is 5.82 Å². The Morgan fingerprint density at radius 2 is 2.06 bits per heavy atom. The fourth-order valence-corrected chi connectivity index (χ4v) is 2.35. The maximum atomic E-state index is 6.01. The van der Waals surface area contributed by atoms with Gasteiger partial charge in [0.05, 0.1) is 17.7 Å². The van der Waals surface area contributed by atoms with Crippen LogP contribution in [0.1, 0.15) is 22.0 Å². The maximum absolute atomic E-state index is 6.01. The third kappa shape index (κ3) is 2.73. The SMILES string of the molecule is Cc1nc(Cl)c(C)c(NCc2scnc2C)n1. The molecule has 17 heavy (non-hydrogen) atoms. The van der Waals surface area contributed by atoms with Crippen LogP contribution in [0.5, 0.6) is 0 Å². The minimum Gasteiger partial charge on any atom is -0.365 e. The van der Waals surface area contributed by atoms with Gasteiger partial charge >= 0.3 is 0 Å². The molecule has 2 aromatic heterocycles. The van der Waals surface area contributed by atoms with E-state index in [2.05, 4.69) is 20.3 Å². The highest BCUT2D eigenvalue weighted by Gasteiger charge is 2.08. The average Bonchev–Trinajstić information content (AvgIpc) is 2.67. The minimum absolute atomic E-state index is 0.501. The summed E-state index contributed by atoms with van der Waals surface area (Å²) in [7, 11) is 0. The first-order valence-corrected chi connectivity index (χ1v) is 6.47. The predicted octanol–water partition coefficient (Wildman–Crippen LogP) is 3.12. The number of hydrogen-bond acceptors (Lipinski definition) is 5. The van der Waals surface area contributed by atoms with Crippen molar-refractivity contribution in [3.63, 3.8) is 0 Å². The van der Waals surface area contributed by atoms with Crippen molar-refractivity contribution in [3.8, 4) is 0 Å². The molecule has 0 aliphatic rings. The zero-order chi connectivity index (χ0) is 12.4. The molecule has 2 rings (SSSR count). The second-order valence-corrected chi connectivity index (χ2v) is 5.05. The predicted molar refractivity (Wildman–Crippen MR) is 70.7 cm³/mol. The van der Waals surface area contributed by atoms with Gasteiger partial charge in [-0.1, -0.05) is 11.6 Å². The van der Waals surface area contributed by atoms with Crippen molar-refractivity contribution < 1.29 is 0 Å². The first-order chi connectivity index (χ1) is 8.08. The molecule has 1 N–H and O–H groups in total. The summed E-state index contributed by atoms with van der Waals surface area (Å²) < 4.78 is 0. The van der Waals surface area contributed by atoms with Gasteiger partial charge in [-0.25, -0.2) is 15.0 Å². The van der Waals surface area contributed by atoms with Gasteiger partial charge in [-0.15, -0.1) is 11.3 Å². The van der Waals surface area contributed by atoms with Crippen LogP contribution < -0.4 is 5.32 Å². The highest BCUT2D eigenvalue weighted by Crippen LogP contribution is 2.21. The molecule has 0 aliphatic carbocycles. The first kappa shape index (κ1) is 12.3. The van der Waals surface area contributed by atoms with Crippen molar-refractivity contribution in [1.82, 2.24) is 15.0 Å². The van der Waals surface area contributed by atoms with Crippen LogP contribution >= 0.6 is 22.9 Å². The van der Waals surface area contributed by atoms with E-state index in [9.17, 15) is 0 Å². The smallest absolute Gasteiger partial charge is 0.137 e. The van der Waals surface area contributed by atoms with Crippen LogP contribution in [0.3, 0.4) is 0 Å². The van der Waals surface area contributed by atoms with Gasteiger partial charge < -0.3 is 5.32 Å². The summed E-state index contributed by atoms with van der Waals surface area (Å²) in [6, 6.07) is 0. The molecule has 0 atom stereocenters. The molecule has 0 bridgehead atoms. The van der Waals surface area contributed by atoms with Crippen molar-refractivity contribution in [3.05, 3.63) is 32.6 Å². The Hall–Kier alpha value is -1.20. The van der Waals surface area contributed by atoms with E-state index in [0.717, 1.165) is 17.1 Å². The summed E-state index contributed by atoms with van der Waals surface area (Å²) in [6.07, 6.45) is 0. The molecule has 90 valence electrons. The summed E-state index contributed by atoms with van der Waals surface area (Å²) in [5.41, 5.74) is 3.77. The molecule has 2 heterocycles. The number of hydrogen-bond donors (Lipinski definition) is 1. The number of aromatic nitrogens is 3. The van der Waals surface area contributed by atoms with E-state index in [0.29, 0.717) is 17.5 Å². The highest BCUT2D eigenvalue weighted by molar-refractivity contribution is 7.09. The van der Waals surface area contributed by atoms with Gasteiger partial charge in [0.25, 0.3) is 0 Å². The number of thiazole rings is 1. The topological polar surface area (TPSA) is 50.7 Å². The Morgan fingerprint density at radius 1 is 1.29 bits per heavy atom. The number of rotatable bonds is 3. The van der Waals surface area contributed by atoms with E-state index in [-0.39, 0.29) is 0 Å². The molecule has 0 saturated heterocycles. The van der Waals surface area contributed by atoms with Crippen molar-refractivity contribution in [1.29, 1.82) is 0 Å². The minimum atomic E-state index is 0.501. The third-order valence-corrected chi connectivity index (χ3v) is 3.76. The average molecular weight is 269 g/mol. The highest BCUT2D eigenvalue weighted by atomic mass is 35.5. The van der Waals surface area contributed by atoms with Gasteiger partial charge in [0.15, 0.2) is 0 Å². The lowest BCUT2D eigenvalue weighted by Crippen LogP contribution is -2.05. The molecule has 0 radical (unpaired) electrons. The van der Waals surface area contributed by atoms with Gasteiger partial charge in [-0.05, 0) is 20.8 Å². The van der Waals surface area contributed by atoms with Gasteiger partial charge in [0.2, 0.25) is 0 Å². The molecule has 0 saturated carbocycles. The van der Waals surface area contributed by atoms with Crippen LogP contribution in [0.25, 0.3) is 0 Å². The second kappa shape index (κ2) is 4.98. The molecule has 0 spiro atoms. The molecule has 2 aromatic rings. The van der Waals surface area contributed by atoms with Gasteiger partial charge in [-0.2, -0.15) is 0 Å². The van der Waals surface area contributed by atoms with E-state index >= 15 is 0 Å². The molecule has 0 aliphatic heterocycles.